The second-order valence-corrected chi connectivity index (χ2v) is 5.33. The maximum absolute atomic E-state index is 4.04. The van der Waals surface area contributed by atoms with E-state index in [0.29, 0.717) is 0 Å². The molecule has 0 aliphatic carbocycles. The highest BCUT2D eigenvalue weighted by molar-refractivity contribution is 5.85. The number of allylic oxidation sites excluding steroid dienone is 1. The summed E-state index contributed by atoms with van der Waals surface area (Å²) < 4.78 is 0. The van der Waals surface area contributed by atoms with Crippen molar-refractivity contribution in [1.29, 1.82) is 0 Å². The monoisotopic (exact) mass is 272 g/mol. The zero-order valence-corrected chi connectivity index (χ0v) is 11.6. The molecule has 2 aromatic carbocycles. The summed E-state index contributed by atoms with van der Waals surface area (Å²) in [6, 6.07) is 17.0. The van der Waals surface area contributed by atoms with Gasteiger partial charge in [-0.05, 0) is 34.7 Å². The van der Waals surface area contributed by atoms with Crippen LogP contribution in [0.5, 0.6) is 0 Å². The molecule has 0 saturated heterocycles. The summed E-state index contributed by atoms with van der Waals surface area (Å²) in [5, 5.41) is 2.49. The molecule has 4 aromatic rings. The largest absolute Gasteiger partial charge is 0.361 e. The molecule has 1 unspecified atom stereocenters. The van der Waals surface area contributed by atoms with Crippen LogP contribution >= 0.6 is 0 Å². The minimum absolute atomic E-state index is 0.189. The van der Waals surface area contributed by atoms with Gasteiger partial charge >= 0.3 is 0 Å². The lowest BCUT2D eigenvalue weighted by Gasteiger charge is -2.12. The number of aromatic amines is 2. The molecule has 0 spiro atoms. The molecule has 0 amide bonds. The van der Waals surface area contributed by atoms with Gasteiger partial charge in [0.15, 0.2) is 0 Å². The maximum Gasteiger partial charge on any atom is 0.0457 e. The third-order valence-electron chi connectivity index (χ3n) is 4.13. The van der Waals surface area contributed by atoms with Crippen LogP contribution in [0.3, 0.4) is 0 Å². The zero-order chi connectivity index (χ0) is 14.2. The van der Waals surface area contributed by atoms with E-state index in [9.17, 15) is 0 Å². The molecule has 2 aromatic heterocycles. The van der Waals surface area contributed by atoms with Gasteiger partial charge in [0.1, 0.15) is 0 Å². The van der Waals surface area contributed by atoms with E-state index in [2.05, 4.69) is 71.3 Å². The van der Waals surface area contributed by atoms with Crippen LogP contribution in [0.4, 0.5) is 0 Å². The molecule has 21 heavy (non-hydrogen) atoms. The molecular formula is C19H16N2. The van der Waals surface area contributed by atoms with Gasteiger partial charge in [-0.1, -0.05) is 36.4 Å². The van der Waals surface area contributed by atoms with Gasteiger partial charge in [0, 0.05) is 34.7 Å². The highest BCUT2D eigenvalue weighted by Crippen LogP contribution is 2.32. The Morgan fingerprint density at radius 1 is 0.952 bits per heavy atom. The lowest BCUT2D eigenvalue weighted by Crippen LogP contribution is -1.96. The van der Waals surface area contributed by atoms with Crippen molar-refractivity contribution < 1.29 is 0 Å². The number of aromatic nitrogens is 2. The first kappa shape index (κ1) is 12.0. The average Bonchev–Trinajstić information content (AvgIpc) is 3.15. The van der Waals surface area contributed by atoms with E-state index in [1.54, 1.807) is 0 Å². The summed E-state index contributed by atoms with van der Waals surface area (Å²) in [4.78, 5) is 6.63. The zero-order valence-electron chi connectivity index (χ0n) is 11.6. The highest BCUT2D eigenvalue weighted by Gasteiger charge is 2.15. The van der Waals surface area contributed by atoms with Crippen LogP contribution in [-0.2, 0) is 0 Å². The molecule has 2 nitrogen and oxygen atoms in total. The van der Waals surface area contributed by atoms with E-state index in [-0.39, 0.29) is 5.92 Å². The van der Waals surface area contributed by atoms with Crippen LogP contribution in [0.25, 0.3) is 21.8 Å². The Morgan fingerprint density at radius 2 is 1.86 bits per heavy atom. The van der Waals surface area contributed by atoms with E-state index in [1.807, 2.05) is 12.3 Å². The topological polar surface area (TPSA) is 31.6 Å². The van der Waals surface area contributed by atoms with Crippen molar-refractivity contribution in [2.45, 2.75) is 5.92 Å². The van der Waals surface area contributed by atoms with E-state index >= 15 is 0 Å². The summed E-state index contributed by atoms with van der Waals surface area (Å²) in [5.74, 6) is 0.189. The first-order valence-corrected chi connectivity index (χ1v) is 7.12. The molecule has 0 fully saturated rings. The van der Waals surface area contributed by atoms with Crippen LogP contribution in [0.1, 0.15) is 17.0 Å². The van der Waals surface area contributed by atoms with Crippen LogP contribution in [-0.4, -0.2) is 9.97 Å². The van der Waals surface area contributed by atoms with Gasteiger partial charge in [-0.15, -0.1) is 6.58 Å². The number of fused-ring (bicyclic) bond motifs is 2. The quantitative estimate of drug-likeness (QED) is 0.494. The van der Waals surface area contributed by atoms with Crippen LogP contribution in [0.15, 0.2) is 73.6 Å². The smallest absolute Gasteiger partial charge is 0.0457 e. The van der Waals surface area contributed by atoms with Crippen molar-refractivity contribution in [2.24, 2.45) is 0 Å². The summed E-state index contributed by atoms with van der Waals surface area (Å²) in [6.45, 7) is 4.04. The van der Waals surface area contributed by atoms with E-state index in [0.717, 1.165) is 0 Å². The van der Waals surface area contributed by atoms with Crippen LogP contribution in [0, 0.1) is 0 Å². The lowest BCUT2D eigenvalue weighted by molar-refractivity contribution is 1.04. The Labute approximate surface area is 123 Å². The molecule has 0 radical (unpaired) electrons. The van der Waals surface area contributed by atoms with Crippen LogP contribution in [0.2, 0.25) is 0 Å². The summed E-state index contributed by atoms with van der Waals surface area (Å²) >= 11 is 0. The fourth-order valence-electron chi connectivity index (χ4n) is 3.05. The molecule has 2 heterocycles. The molecule has 102 valence electrons. The van der Waals surface area contributed by atoms with E-state index in [4.69, 9.17) is 0 Å². The molecule has 0 aliphatic heterocycles. The minimum Gasteiger partial charge on any atom is -0.361 e. The standard InChI is InChI=1S/C19H16N2/c1-2-15(14-8-7-13-9-10-20-19(13)11-14)17-12-21-18-6-4-3-5-16(17)18/h2-12,15,20-21H,1H2. The molecule has 0 saturated carbocycles. The molecule has 4 rings (SSSR count). The predicted octanol–water partition coefficient (Wildman–Crippen LogP) is 4.97. The van der Waals surface area contributed by atoms with Crippen molar-refractivity contribution in [2.75, 3.05) is 0 Å². The highest BCUT2D eigenvalue weighted by atomic mass is 14.7. The minimum atomic E-state index is 0.189. The van der Waals surface area contributed by atoms with Gasteiger partial charge < -0.3 is 9.97 Å². The maximum atomic E-state index is 4.04. The molecule has 2 N–H and O–H groups in total. The fourth-order valence-corrected chi connectivity index (χ4v) is 3.05. The Bertz CT molecular complexity index is 927. The summed E-state index contributed by atoms with van der Waals surface area (Å²) in [5.41, 5.74) is 4.86. The summed E-state index contributed by atoms with van der Waals surface area (Å²) in [6.07, 6.45) is 6.08. The predicted molar refractivity (Wildman–Crippen MR) is 88.6 cm³/mol. The second-order valence-electron chi connectivity index (χ2n) is 5.33. The lowest BCUT2D eigenvalue weighted by atomic mass is 9.90. The number of H-pyrrole nitrogens is 2. The van der Waals surface area contributed by atoms with Gasteiger partial charge in [0.2, 0.25) is 0 Å². The van der Waals surface area contributed by atoms with Gasteiger partial charge in [0.05, 0.1) is 0 Å². The average molecular weight is 272 g/mol. The third-order valence-corrected chi connectivity index (χ3v) is 4.13. The Balaban J connectivity index is 1.89. The van der Waals surface area contributed by atoms with Crippen molar-refractivity contribution in [3.05, 3.63) is 84.7 Å². The van der Waals surface area contributed by atoms with Crippen LogP contribution < -0.4 is 0 Å². The van der Waals surface area contributed by atoms with E-state index < -0.39 is 0 Å². The summed E-state index contributed by atoms with van der Waals surface area (Å²) in [7, 11) is 0. The number of benzene rings is 2. The molecular weight excluding hydrogens is 256 g/mol. The number of hydrogen-bond acceptors (Lipinski definition) is 0. The van der Waals surface area contributed by atoms with Crippen molar-refractivity contribution >= 4 is 21.8 Å². The Kier molecular flexibility index (Phi) is 2.68. The third kappa shape index (κ3) is 1.88. The number of hydrogen-bond donors (Lipinski definition) is 2. The molecule has 0 bridgehead atoms. The van der Waals surface area contributed by atoms with Gasteiger partial charge in [0.25, 0.3) is 0 Å². The second kappa shape index (κ2) is 4.67. The molecule has 0 aliphatic rings. The SMILES string of the molecule is C=CC(c1ccc2cc[nH]c2c1)c1c[nH]c2ccccc12. The molecule has 2 heteroatoms. The van der Waals surface area contributed by atoms with Gasteiger partial charge in [-0.3, -0.25) is 0 Å². The first-order chi connectivity index (χ1) is 10.4. The van der Waals surface area contributed by atoms with Gasteiger partial charge in [-0.25, -0.2) is 0 Å². The normalized spacial score (nSPS) is 12.8. The van der Waals surface area contributed by atoms with Crippen molar-refractivity contribution in [3.8, 4) is 0 Å². The first-order valence-electron chi connectivity index (χ1n) is 7.12. The Morgan fingerprint density at radius 3 is 2.76 bits per heavy atom. The van der Waals surface area contributed by atoms with Crippen molar-refractivity contribution in [1.82, 2.24) is 9.97 Å². The fraction of sp³-hybridized carbons (Fsp3) is 0.0526. The van der Waals surface area contributed by atoms with Gasteiger partial charge in [-0.2, -0.15) is 0 Å². The number of nitrogens with one attached hydrogen (secondary N) is 2. The van der Waals surface area contributed by atoms with Crippen molar-refractivity contribution in [3.63, 3.8) is 0 Å². The number of para-hydroxylation sites is 1. The molecule has 1 atom stereocenters. The number of rotatable bonds is 3. The van der Waals surface area contributed by atoms with E-state index in [1.165, 1.54) is 32.9 Å². The Hall–Kier alpha value is -2.74.